The van der Waals surface area contributed by atoms with Crippen molar-refractivity contribution < 1.29 is 15.0 Å². The number of nitrogens with one attached hydrogen (secondary N) is 1. The summed E-state index contributed by atoms with van der Waals surface area (Å²) in [6, 6.07) is 17.4. The second-order valence-corrected chi connectivity index (χ2v) is 8.28. The zero-order valence-corrected chi connectivity index (χ0v) is 19.0. The predicted molar refractivity (Wildman–Crippen MR) is 136 cm³/mol. The van der Waals surface area contributed by atoms with Gasteiger partial charge in [0.2, 0.25) is 0 Å². The van der Waals surface area contributed by atoms with Crippen molar-refractivity contribution in [1.29, 1.82) is 0 Å². The quantitative estimate of drug-likeness (QED) is 0.230. The van der Waals surface area contributed by atoms with Crippen LogP contribution in [0.3, 0.4) is 0 Å². The van der Waals surface area contributed by atoms with Gasteiger partial charge in [-0.2, -0.15) is 9.78 Å². The second kappa shape index (κ2) is 8.45. The number of aromatic nitrogens is 3. The minimum Gasteiger partial charge on any atom is -0.504 e. The molecule has 0 fully saturated rings. The van der Waals surface area contributed by atoms with Crippen LogP contribution in [-0.2, 0) is 0 Å². The molecule has 0 bridgehead atoms. The first-order chi connectivity index (χ1) is 16.8. The molecule has 0 aliphatic rings. The monoisotopic (exact) mass is 466 g/mol. The van der Waals surface area contributed by atoms with Crippen molar-refractivity contribution in [3.8, 4) is 11.5 Å². The number of phenolic OH excluding ortho intramolecular Hbond substituents is 2. The SMILES string of the molecule is Cc1cc(C)cc(NC(=O)c2c(N)n(N=Cc3ccc(O)c(O)c3)c3nc4ccccc4nc23)c1. The third-order valence-electron chi connectivity index (χ3n) is 5.50. The number of hydrogen-bond acceptors (Lipinski definition) is 7. The number of anilines is 2. The number of fused-ring (bicyclic) bond motifs is 2. The zero-order chi connectivity index (χ0) is 24.7. The number of aromatic hydroxyl groups is 2. The number of carbonyl (C=O) groups excluding carboxylic acids is 1. The maximum Gasteiger partial charge on any atom is 0.261 e. The lowest BCUT2D eigenvalue weighted by molar-refractivity contribution is 0.102. The molecule has 5 aromatic rings. The van der Waals surface area contributed by atoms with Gasteiger partial charge >= 0.3 is 0 Å². The van der Waals surface area contributed by atoms with Gasteiger partial charge in [-0.15, -0.1) is 0 Å². The number of nitrogens with two attached hydrogens (primary N) is 1. The molecule has 5 N–H and O–H groups in total. The minimum atomic E-state index is -0.432. The number of amides is 1. The van der Waals surface area contributed by atoms with Crippen molar-refractivity contribution in [2.24, 2.45) is 5.10 Å². The van der Waals surface area contributed by atoms with Crippen LogP contribution in [0.4, 0.5) is 11.5 Å². The summed E-state index contributed by atoms with van der Waals surface area (Å²) in [5.41, 5.74) is 11.6. The highest BCUT2D eigenvalue weighted by molar-refractivity contribution is 6.16. The van der Waals surface area contributed by atoms with Crippen LogP contribution < -0.4 is 11.1 Å². The van der Waals surface area contributed by atoms with Crippen molar-refractivity contribution in [3.05, 3.63) is 82.9 Å². The van der Waals surface area contributed by atoms with Gasteiger partial charge in [-0.05, 0) is 73.0 Å². The van der Waals surface area contributed by atoms with Gasteiger partial charge in [0, 0.05) is 5.69 Å². The van der Waals surface area contributed by atoms with E-state index in [0.717, 1.165) is 11.1 Å². The molecule has 174 valence electrons. The summed E-state index contributed by atoms with van der Waals surface area (Å²) in [7, 11) is 0. The Labute approximate surface area is 200 Å². The molecule has 1 amide bonds. The van der Waals surface area contributed by atoms with Gasteiger partial charge in [0.25, 0.3) is 5.91 Å². The number of carbonyl (C=O) groups is 1. The third-order valence-corrected chi connectivity index (χ3v) is 5.50. The lowest BCUT2D eigenvalue weighted by Crippen LogP contribution is -2.14. The van der Waals surface area contributed by atoms with Gasteiger partial charge in [0.1, 0.15) is 16.9 Å². The van der Waals surface area contributed by atoms with E-state index >= 15 is 0 Å². The Balaban J connectivity index is 1.66. The molecule has 0 saturated heterocycles. The molecule has 0 saturated carbocycles. The molecular weight excluding hydrogens is 444 g/mol. The van der Waals surface area contributed by atoms with Gasteiger partial charge in [-0.3, -0.25) is 4.79 Å². The molecule has 2 aromatic heterocycles. The Morgan fingerprint density at radius 2 is 1.66 bits per heavy atom. The fourth-order valence-electron chi connectivity index (χ4n) is 3.97. The molecule has 9 nitrogen and oxygen atoms in total. The first kappa shape index (κ1) is 21.9. The smallest absolute Gasteiger partial charge is 0.261 e. The number of hydrogen-bond donors (Lipinski definition) is 4. The van der Waals surface area contributed by atoms with Crippen LogP contribution in [0.2, 0.25) is 0 Å². The number of aryl methyl sites for hydroxylation is 2. The predicted octanol–water partition coefficient (Wildman–Crippen LogP) is 4.33. The van der Waals surface area contributed by atoms with Crippen LogP contribution in [-0.4, -0.2) is 37.0 Å². The maximum atomic E-state index is 13.4. The van der Waals surface area contributed by atoms with Crippen molar-refractivity contribution in [2.45, 2.75) is 13.8 Å². The maximum absolute atomic E-state index is 13.4. The molecule has 9 heteroatoms. The van der Waals surface area contributed by atoms with Gasteiger partial charge in [-0.1, -0.05) is 18.2 Å². The summed E-state index contributed by atoms with van der Waals surface area (Å²) in [5.74, 6) is -0.885. The number of rotatable bonds is 4. The molecule has 3 aromatic carbocycles. The first-order valence-electron chi connectivity index (χ1n) is 10.8. The summed E-state index contributed by atoms with van der Waals surface area (Å²) >= 11 is 0. The normalized spacial score (nSPS) is 11.5. The summed E-state index contributed by atoms with van der Waals surface area (Å²) < 4.78 is 1.34. The number of benzene rings is 3. The number of para-hydroxylation sites is 2. The standard InChI is InChI=1S/C26H22N6O3/c1-14-9-15(2)11-17(10-14)29-26(35)22-23-25(31-19-6-4-3-5-18(19)30-23)32(24(22)27)28-13-16-7-8-20(33)21(34)12-16/h3-13,33-34H,27H2,1-2H3,(H,29,35). The Morgan fingerprint density at radius 1 is 0.971 bits per heavy atom. The Morgan fingerprint density at radius 3 is 2.34 bits per heavy atom. The van der Waals surface area contributed by atoms with Crippen molar-refractivity contribution in [1.82, 2.24) is 14.6 Å². The Kier molecular flexibility index (Phi) is 5.29. The number of nitrogen functional groups attached to an aromatic ring is 1. The van der Waals surface area contributed by atoms with E-state index < -0.39 is 5.91 Å². The number of phenols is 2. The summed E-state index contributed by atoms with van der Waals surface area (Å²) in [6.45, 7) is 3.91. The van der Waals surface area contributed by atoms with Gasteiger partial charge in [0.05, 0.1) is 17.2 Å². The van der Waals surface area contributed by atoms with Gasteiger partial charge in [0.15, 0.2) is 17.1 Å². The van der Waals surface area contributed by atoms with Crippen molar-refractivity contribution >= 4 is 45.8 Å². The fourth-order valence-corrected chi connectivity index (χ4v) is 3.97. The Hall–Kier alpha value is -4.92. The van der Waals surface area contributed by atoms with Crippen LogP contribution in [0.25, 0.3) is 22.2 Å². The average molecular weight is 467 g/mol. The highest BCUT2D eigenvalue weighted by atomic mass is 16.3. The van der Waals surface area contributed by atoms with Crippen LogP contribution in [0, 0.1) is 13.8 Å². The lowest BCUT2D eigenvalue weighted by atomic mass is 10.1. The molecule has 0 unspecified atom stereocenters. The largest absolute Gasteiger partial charge is 0.504 e. The summed E-state index contributed by atoms with van der Waals surface area (Å²) in [4.78, 5) is 22.7. The van der Waals surface area contributed by atoms with E-state index in [1.807, 2.05) is 56.3 Å². The molecule has 2 heterocycles. The van der Waals surface area contributed by atoms with Crippen LogP contribution >= 0.6 is 0 Å². The van der Waals surface area contributed by atoms with E-state index in [9.17, 15) is 15.0 Å². The molecular formula is C26H22N6O3. The summed E-state index contributed by atoms with van der Waals surface area (Å²) in [6.07, 6.45) is 1.44. The van der Waals surface area contributed by atoms with Crippen LogP contribution in [0.15, 0.2) is 65.8 Å². The molecule has 0 atom stereocenters. The molecule has 0 radical (unpaired) electrons. The molecule has 0 aliphatic carbocycles. The third kappa shape index (κ3) is 4.10. The first-order valence-corrected chi connectivity index (χ1v) is 10.8. The molecule has 35 heavy (non-hydrogen) atoms. The van der Waals surface area contributed by atoms with E-state index in [1.54, 1.807) is 6.07 Å². The summed E-state index contributed by atoms with van der Waals surface area (Å²) in [5, 5.41) is 26.7. The van der Waals surface area contributed by atoms with Crippen molar-refractivity contribution in [2.75, 3.05) is 11.1 Å². The average Bonchev–Trinajstić information content (AvgIpc) is 3.07. The van der Waals surface area contributed by atoms with E-state index in [-0.39, 0.29) is 22.9 Å². The van der Waals surface area contributed by atoms with E-state index in [2.05, 4.69) is 20.4 Å². The molecule has 0 aliphatic heterocycles. The highest BCUT2D eigenvalue weighted by Gasteiger charge is 2.24. The lowest BCUT2D eigenvalue weighted by Gasteiger charge is -2.08. The number of nitrogens with zero attached hydrogens (tertiary/aromatic N) is 4. The topological polar surface area (TPSA) is 139 Å². The van der Waals surface area contributed by atoms with E-state index in [1.165, 1.54) is 23.0 Å². The Bertz CT molecular complexity index is 1630. The zero-order valence-electron chi connectivity index (χ0n) is 19.0. The van der Waals surface area contributed by atoms with Gasteiger partial charge in [-0.25, -0.2) is 9.97 Å². The minimum absolute atomic E-state index is 0.0661. The van der Waals surface area contributed by atoms with E-state index in [0.29, 0.717) is 33.4 Å². The van der Waals surface area contributed by atoms with Crippen LogP contribution in [0.5, 0.6) is 11.5 Å². The highest BCUT2D eigenvalue weighted by Crippen LogP contribution is 2.29. The second-order valence-electron chi connectivity index (χ2n) is 8.28. The van der Waals surface area contributed by atoms with Gasteiger partial charge < -0.3 is 21.3 Å². The van der Waals surface area contributed by atoms with Crippen molar-refractivity contribution in [3.63, 3.8) is 0 Å². The fraction of sp³-hybridized carbons (Fsp3) is 0.0769. The molecule has 5 rings (SSSR count). The molecule has 0 spiro atoms. The van der Waals surface area contributed by atoms with Crippen LogP contribution in [0.1, 0.15) is 27.0 Å². The van der Waals surface area contributed by atoms with E-state index in [4.69, 9.17) is 5.73 Å².